The lowest BCUT2D eigenvalue weighted by atomic mass is 10.2. The van der Waals surface area contributed by atoms with E-state index in [-0.39, 0.29) is 0 Å². The number of nitrogens with one attached hydrogen (secondary N) is 1. The SMILES string of the molecule is CCCNc1cc(-c2ccc(Cl)s2)nc(CCC)n1. The van der Waals surface area contributed by atoms with Crippen molar-refractivity contribution in [2.75, 3.05) is 11.9 Å². The number of nitrogens with zero attached hydrogens (tertiary/aromatic N) is 2. The van der Waals surface area contributed by atoms with Gasteiger partial charge in [0.05, 0.1) is 14.9 Å². The minimum atomic E-state index is 0.786. The highest BCUT2D eigenvalue weighted by Gasteiger charge is 2.08. The molecule has 0 aliphatic heterocycles. The molecular formula is C14H18ClN3S. The van der Waals surface area contributed by atoms with Gasteiger partial charge in [0.2, 0.25) is 0 Å². The third-order valence-electron chi connectivity index (χ3n) is 2.63. The number of hydrogen-bond donors (Lipinski definition) is 1. The van der Waals surface area contributed by atoms with Crippen LogP contribution in [0.15, 0.2) is 18.2 Å². The molecule has 0 amide bonds. The Morgan fingerprint density at radius 3 is 2.68 bits per heavy atom. The molecule has 0 radical (unpaired) electrons. The highest BCUT2D eigenvalue weighted by atomic mass is 35.5. The van der Waals surface area contributed by atoms with Gasteiger partial charge in [-0.3, -0.25) is 0 Å². The van der Waals surface area contributed by atoms with Crippen LogP contribution >= 0.6 is 22.9 Å². The lowest BCUT2D eigenvalue weighted by Crippen LogP contribution is -2.05. The van der Waals surface area contributed by atoms with Gasteiger partial charge >= 0.3 is 0 Å². The lowest BCUT2D eigenvalue weighted by molar-refractivity contribution is 0.834. The van der Waals surface area contributed by atoms with Gasteiger partial charge in [-0.25, -0.2) is 9.97 Å². The van der Waals surface area contributed by atoms with Crippen LogP contribution in [0, 0.1) is 0 Å². The van der Waals surface area contributed by atoms with Crippen LogP contribution in [0.3, 0.4) is 0 Å². The average Bonchev–Trinajstić information content (AvgIpc) is 2.83. The summed E-state index contributed by atoms with van der Waals surface area (Å²) in [5, 5.41) is 3.33. The number of hydrogen-bond acceptors (Lipinski definition) is 4. The fourth-order valence-electron chi connectivity index (χ4n) is 1.75. The molecule has 1 N–H and O–H groups in total. The second kappa shape index (κ2) is 6.87. The number of rotatable bonds is 6. The third-order valence-corrected chi connectivity index (χ3v) is 3.88. The van der Waals surface area contributed by atoms with Crippen molar-refractivity contribution >= 4 is 28.8 Å². The predicted octanol–water partition coefficient (Wildman–Crippen LogP) is 4.63. The summed E-state index contributed by atoms with van der Waals surface area (Å²) in [6.45, 7) is 5.20. The Labute approximate surface area is 123 Å². The van der Waals surface area contributed by atoms with E-state index < -0.39 is 0 Å². The van der Waals surface area contributed by atoms with Crippen molar-refractivity contribution in [2.45, 2.75) is 33.1 Å². The summed E-state index contributed by atoms with van der Waals surface area (Å²) >= 11 is 7.54. The Morgan fingerprint density at radius 2 is 2.05 bits per heavy atom. The summed E-state index contributed by atoms with van der Waals surface area (Å²) in [7, 11) is 0. The fourth-order valence-corrected chi connectivity index (χ4v) is 2.76. The van der Waals surface area contributed by atoms with Crippen molar-refractivity contribution in [1.82, 2.24) is 9.97 Å². The molecule has 0 bridgehead atoms. The van der Waals surface area contributed by atoms with E-state index in [4.69, 9.17) is 11.6 Å². The standard InChI is InChI=1S/C14H18ClN3S/c1-3-5-13-17-10(11-6-7-12(15)19-11)9-14(18-13)16-8-4-2/h6-7,9H,3-5,8H2,1-2H3,(H,16,17,18). The third kappa shape index (κ3) is 3.91. The van der Waals surface area contributed by atoms with Crippen LogP contribution in [0.5, 0.6) is 0 Å². The molecule has 19 heavy (non-hydrogen) atoms. The van der Waals surface area contributed by atoms with Crippen molar-refractivity contribution in [3.63, 3.8) is 0 Å². The van der Waals surface area contributed by atoms with Crippen LogP contribution in [0.4, 0.5) is 5.82 Å². The molecule has 0 spiro atoms. The highest BCUT2D eigenvalue weighted by molar-refractivity contribution is 7.19. The summed E-state index contributed by atoms with van der Waals surface area (Å²) in [5.41, 5.74) is 0.953. The van der Waals surface area contributed by atoms with Gasteiger partial charge in [-0.05, 0) is 25.0 Å². The van der Waals surface area contributed by atoms with Gasteiger partial charge in [0.1, 0.15) is 11.6 Å². The molecule has 2 heterocycles. The first-order valence-electron chi connectivity index (χ1n) is 6.60. The second-order valence-electron chi connectivity index (χ2n) is 4.34. The molecule has 0 atom stereocenters. The van der Waals surface area contributed by atoms with Crippen LogP contribution in [0.1, 0.15) is 32.5 Å². The Morgan fingerprint density at radius 1 is 1.21 bits per heavy atom. The first-order chi connectivity index (χ1) is 9.22. The monoisotopic (exact) mass is 295 g/mol. The summed E-state index contributed by atoms with van der Waals surface area (Å²) in [4.78, 5) is 10.2. The summed E-state index contributed by atoms with van der Waals surface area (Å²) in [5.74, 6) is 1.79. The Balaban J connectivity index is 2.33. The maximum Gasteiger partial charge on any atom is 0.131 e. The van der Waals surface area contributed by atoms with Crippen LogP contribution in [-0.4, -0.2) is 16.5 Å². The van der Waals surface area contributed by atoms with Crippen molar-refractivity contribution in [3.05, 3.63) is 28.4 Å². The molecule has 2 aromatic heterocycles. The number of aromatic nitrogens is 2. The molecule has 0 unspecified atom stereocenters. The zero-order valence-electron chi connectivity index (χ0n) is 11.2. The normalized spacial score (nSPS) is 10.7. The van der Waals surface area contributed by atoms with Gasteiger partial charge in [-0.1, -0.05) is 25.4 Å². The molecule has 102 valence electrons. The minimum absolute atomic E-state index is 0.786. The largest absolute Gasteiger partial charge is 0.370 e. The van der Waals surface area contributed by atoms with Crippen molar-refractivity contribution < 1.29 is 0 Å². The van der Waals surface area contributed by atoms with Gasteiger partial charge in [-0.15, -0.1) is 11.3 Å². The van der Waals surface area contributed by atoms with E-state index in [2.05, 4.69) is 29.1 Å². The first kappa shape index (κ1) is 14.3. The van der Waals surface area contributed by atoms with E-state index in [1.807, 2.05) is 18.2 Å². The van der Waals surface area contributed by atoms with Gasteiger partial charge < -0.3 is 5.32 Å². The van der Waals surface area contributed by atoms with E-state index >= 15 is 0 Å². The van der Waals surface area contributed by atoms with E-state index in [9.17, 15) is 0 Å². The molecule has 0 saturated carbocycles. The zero-order chi connectivity index (χ0) is 13.7. The van der Waals surface area contributed by atoms with E-state index in [0.717, 1.165) is 52.4 Å². The van der Waals surface area contributed by atoms with Crippen LogP contribution in [0.25, 0.3) is 10.6 Å². The van der Waals surface area contributed by atoms with Gasteiger partial charge in [0, 0.05) is 19.0 Å². The smallest absolute Gasteiger partial charge is 0.131 e. The quantitative estimate of drug-likeness (QED) is 0.844. The first-order valence-corrected chi connectivity index (χ1v) is 7.80. The lowest BCUT2D eigenvalue weighted by Gasteiger charge is -2.08. The predicted molar refractivity (Wildman–Crippen MR) is 83.1 cm³/mol. The zero-order valence-corrected chi connectivity index (χ0v) is 12.8. The van der Waals surface area contributed by atoms with Crippen molar-refractivity contribution in [1.29, 1.82) is 0 Å². The topological polar surface area (TPSA) is 37.8 Å². The minimum Gasteiger partial charge on any atom is -0.370 e. The second-order valence-corrected chi connectivity index (χ2v) is 6.05. The van der Waals surface area contributed by atoms with E-state index in [1.165, 1.54) is 0 Å². The van der Waals surface area contributed by atoms with Crippen molar-refractivity contribution in [3.8, 4) is 10.6 Å². The van der Waals surface area contributed by atoms with E-state index in [1.54, 1.807) is 11.3 Å². The summed E-state index contributed by atoms with van der Waals surface area (Å²) in [6, 6.07) is 5.91. The van der Waals surface area contributed by atoms with Gasteiger partial charge in [0.15, 0.2) is 0 Å². The molecule has 2 aromatic rings. The fraction of sp³-hybridized carbons (Fsp3) is 0.429. The molecule has 3 nitrogen and oxygen atoms in total. The van der Waals surface area contributed by atoms with Crippen LogP contribution in [-0.2, 0) is 6.42 Å². The Bertz CT molecular complexity index is 539. The molecule has 0 aliphatic carbocycles. The summed E-state index contributed by atoms with van der Waals surface area (Å²) < 4.78 is 0.786. The number of halogens is 1. The van der Waals surface area contributed by atoms with Crippen LogP contribution < -0.4 is 5.32 Å². The molecule has 0 saturated heterocycles. The molecule has 5 heteroatoms. The molecule has 2 rings (SSSR count). The number of thiophene rings is 1. The highest BCUT2D eigenvalue weighted by Crippen LogP contribution is 2.30. The van der Waals surface area contributed by atoms with E-state index in [0.29, 0.717) is 0 Å². The maximum atomic E-state index is 5.99. The maximum absolute atomic E-state index is 5.99. The van der Waals surface area contributed by atoms with Crippen molar-refractivity contribution in [2.24, 2.45) is 0 Å². The summed E-state index contributed by atoms with van der Waals surface area (Å²) in [6.07, 6.45) is 3.02. The van der Waals surface area contributed by atoms with Crippen LogP contribution in [0.2, 0.25) is 4.34 Å². The molecule has 0 aliphatic rings. The number of aryl methyl sites for hydroxylation is 1. The Kier molecular flexibility index (Phi) is 5.16. The Hall–Kier alpha value is -1.13. The molecule has 0 aromatic carbocycles. The van der Waals surface area contributed by atoms with Gasteiger partial charge in [0.25, 0.3) is 0 Å². The molecular weight excluding hydrogens is 278 g/mol. The average molecular weight is 296 g/mol. The number of anilines is 1. The molecule has 0 fully saturated rings. The van der Waals surface area contributed by atoms with Gasteiger partial charge in [-0.2, -0.15) is 0 Å².